The van der Waals surface area contributed by atoms with E-state index in [1.165, 1.54) is 18.2 Å². The van der Waals surface area contributed by atoms with E-state index in [2.05, 4.69) is 5.10 Å². The van der Waals surface area contributed by atoms with E-state index in [0.717, 1.165) is 12.8 Å². The molecular weight excluding hydrogens is 452 g/mol. The summed E-state index contributed by atoms with van der Waals surface area (Å²) in [5.74, 6) is -1.84. The van der Waals surface area contributed by atoms with E-state index in [9.17, 15) is 24.2 Å². The van der Waals surface area contributed by atoms with Crippen molar-refractivity contribution < 1.29 is 29.3 Å². The van der Waals surface area contributed by atoms with Gasteiger partial charge in [-0.1, -0.05) is 19.9 Å². The van der Waals surface area contributed by atoms with Crippen LogP contribution in [0.1, 0.15) is 67.2 Å². The second-order valence-electron chi connectivity index (χ2n) is 8.75. The first-order valence-corrected chi connectivity index (χ1v) is 11.0. The van der Waals surface area contributed by atoms with Gasteiger partial charge in [0.25, 0.3) is 5.91 Å². The number of aliphatic hydroxyl groups is 2. The average Bonchev–Trinajstić information content (AvgIpc) is 3.51. The Balaban J connectivity index is 0.00000408. The van der Waals surface area contributed by atoms with Crippen LogP contribution in [-0.2, 0) is 4.79 Å². The number of benzene rings is 1. The first-order chi connectivity index (χ1) is 15.6. The number of hydrogen-bond acceptors (Lipinski definition) is 5. The first-order valence-electron chi connectivity index (χ1n) is 11.0. The number of rotatable bonds is 10. The molecule has 0 bridgehead atoms. The van der Waals surface area contributed by atoms with E-state index in [1.807, 2.05) is 13.8 Å². The number of carboxylic acid groups (broad SMARTS) is 1. The Morgan fingerprint density at radius 1 is 1.24 bits per heavy atom. The molecule has 2 aromatic rings. The molecule has 1 aromatic carbocycles. The van der Waals surface area contributed by atoms with Crippen molar-refractivity contribution in [1.82, 2.24) is 14.7 Å². The van der Waals surface area contributed by atoms with Crippen molar-refractivity contribution in [2.45, 2.75) is 63.7 Å². The Kier molecular flexibility index (Phi) is 10.0. The molecule has 0 unspecified atom stereocenters. The number of aromatic nitrogens is 2. The van der Waals surface area contributed by atoms with Crippen molar-refractivity contribution in [3.05, 3.63) is 53.1 Å². The fourth-order valence-corrected chi connectivity index (χ4v) is 3.75. The van der Waals surface area contributed by atoms with Gasteiger partial charge in [0.05, 0.1) is 30.0 Å². The molecular formula is C24H31FN3NaO5. The molecule has 2 atom stereocenters. The number of nitrogens with zero attached hydrogens (tertiary/aromatic N) is 3. The molecule has 0 saturated heterocycles. The zero-order valence-corrected chi connectivity index (χ0v) is 19.0. The van der Waals surface area contributed by atoms with Gasteiger partial charge in [-0.2, -0.15) is 5.10 Å². The number of aliphatic carboxylic acids is 1. The molecule has 0 radical (unpaired) electrons. The summed E-state index contributed by atoms with van der Waals surface area (Å²) in [4.78, 5) is 25.7. The second-order valence-corrected chi connectivity index (χ2v) is 8.75. The number of aliphatic hydroxyl groups excluding tert-OH is 2. The van der Waals surface area contributed by atoms with E-state index in [4.69, 9.17) is 5.11 Å². The molecule has 1 fully saturated rings. The number of amides is 1. The van der Waals surface area contributed by atoms with Gasteiger partial charge in [-0.25, -0.2) is 9.07 Å². The monoisotopic (exact) mass is 483 g/mol. The molecule has 180 valence electrons. The number of carboxylic acids is 1. The van der Waals surface area contributed by atoms with Crippen molar-refractivity contribution in [2.75, 3.05) is 7.05 Å². The number of carbonyl (C=O) groups is 2. The molecule has 1 aliphatic carbocycles. The molecule has 0 aliphatic heterocycles. The first kappa shape index (κ1) is 28.2. The van der Waals surface area contributed by atoms with Crippen LogP contribution in [0, 0.1) is 5.82 Å². The molecule has 8 nitrogen and oxygen atoms in total. The Hall–Kier alpha value is -2.04. The summed E-state index contributed by atoms with van der Waals surface area (Å²) in [7, 11) is 1.75. The van der Waals surface area contributed by atoms with Crippen LogP contribution in [0.5, 0.6) is 0 Å². The van der Waals surface area contributed by atoms with Crippen LogP contribution >= 0.6 is 0 Å². The SMILES string of the molecule is CC(C)c1c(C(=O)N(C)C2CC2)nn(-c2ccc(F)cc2)c1C=C[C@H](O)C[C@@H](O)CC(=O)O.[NaH]. The van der Waals surface area contributed by atoms with Gasteiger partial charge >= 0.3 is 35.5 Å². The Morgan fingerprint density at radius 3 is 2.38 bits per heavy atom. The molecule has 0 spiro atoms. The summed E-state index contributed by atoms with van der Waals surface area (Å²) in [5.41, 5.74) is 2.08. The summed E-state index contributed by atoms with van der Waals surface area (Å²) in [6.45, 7) is 3.87. The number of hydrogen-bond donors (Lipinski definition) is 3. The normalized spacial score (nSPS) is 15.3. The van der Waals surface area contributed by atoms with Gasteiger partial charge in [0.15, 0.2) is 5.69 Å². The van der Waals surface area contributed by atoms with Gasteiger partial charge in [0, 0.05) is 25.1 Å². The van der Waals surface area contributed by atoms with E-state index >= 15 is 0 Å². The van der Waals surface area contributed by atoms with Crippen LogP contribution in [0.15, 0.2) is 30.3 Å². The summed E-state index contributed by atoms with van der Waals surface area (Å²) >= 11 is 0. The van der Waals surface area contributed by atoms with Crippen LogP contribution in [0.2, 0.25) is 0 Å². The number of carbonyl (C=O) groups excluding carboxylic acids is 1. The quantitative estimate of drug-likeness (QED) is 0.447. The van der Waals surface area contributed by atoms with Gasteiger partial charge in [0.1, 0.15) is 5.82 Å². The standard InChI is InChI=1S/C24H30FN3O5.Na.H/c1-14(2)22-20(11-10-18(29)12-19(30)13-21(31)32)28(17-6-4-15(25)5-7-17)26-23(22)24(33)27(3)16-8-9-16;;/h4-7,10-11,14,16,18-19,29-30H,8-9,12-13H2,1-3H3,(H,31,32);;/t18-,19+;;/m0../s1. The maximum atomic E-state index is 13.5. The van der Waals surface area contributed by atoms with Gasteiger partial charge in [-0.15, -0.1) is 0 Å². The molecule has 1 amide bonds. The van der Waals surface area contributed by atoms with Gasteiger partial charge < -0.3 is 20.2 Å². The third kappa shape index (κ3) is 6.99. The minimum atomic E-state index is -1.20. The molecule has 1 aromatic heterocycles. The minimum absolute atomic E-state index is 0. The molecule has 1 heterocycles. The van der Waals surface area contributed by atoms with Crippen LogP contribution < -0.4 is 0 Å². The molecule has 10 heteroatoms. The van der Waals surface area contributed by atoms with Crippen LogP contribution in [0.3, 0.4) is 0 Å². The Morgan fingerprint density at radius 2 is 1.85 bits per heavy atom. The molecule has 3 N–H and O–H groups in total. The zero-order valence-electron chi connectivity index (χ0n) is 19.0. The topological polar surface area (TPSA) is 116 Å². The Labute approximate surface area is 220 Å². The summed E-state index contributed by atoms with van der Waals surface area (Å²) in [5, 5.41) is 33.5. The third-order valence-corrected chi connectivity index (χ3v) is 5.63. The predicted octanol–water partition coefficient (Wildman–Crippen LogP) is 2.32. The second kappa shape index (κ2) is 12.1. The van der Waals surface area contributed by atoms with E-state index in [0.29, 0.717) is 22.6 Å². The summed E-state index contributed by atoms with van der Waals surface area (Å²) < 4.78 is 15.0. The van der Waals surface area contributed by atoms with Crippen molar-refractivity contribution >= 4 is 47.5 Å². The van der Waals surface area contributed by atoms with E-state index in [-0.39, 0.29) is 53.8 Å². The Bertz CT molecular complexity index is 1030. The zero-order chi connectivity index (χ0) is 24.3. The predicted molar refractivity (Wildman–Crippen MR) is 128 cm³/mol. The fourth-order valence-electron chi connectivity index (χ4n) is 3.75. The summed E-state index contributed by atoms with van der Waals surface area (Å²) in [6.07, 6.45) is 2.03. The molecule has 34 heavy (non-hydrogen) atoms. The summed E-state index contributed by atoms with van der Waals surface area (Å²) in [6, 6.07) is 5.90. The van der Waals surface area contributed by atoms with E-state index < -0.39 is 30.4 Å². The molecule has 1 aliphatic rings. The van der Waals surface area contributed by atoms with Crippen LogP contribution in [-0.4, -0.2) is 96.7 Å². The third-order valence-electron chi connectivity index (χ3n) is 5.63. The van der Waals surface area contributed by atoms with Crippen molar-refractivity contribution in [3.63, 3.8) is 0 Å². The van der Waals surface area contributed by atoms with Gasteiger partial charge in [-0.3, -0.25) is 9.59 Å². The fraction of sp³-hybridized carbons (Fsp3) is 0.458. The van der Waals surface area contributed by atoms with Gasteiger partial charge in [0.2, 0.25) is 0 Å². The molecule has 3 rings (SSSR count). The van der Waals surface area contributed by atoms with E-state index in [1.54, 1.807) is 34.8 Å². The maximum absolute atomic E-state index is 13.5. The van der Waals surface area contributed by atoms with Gasteiger partial charge in [-0.05, 0) is 49.1 Å². The van der Waals surface area contributed by atoms with Crippen molar-refractivity contribution in [3.8, 4) is 5.69 Å². The average molecular weight is 484 g/mol. The van der Waals surface area contributed by atoms with Crippen LogP contribution in [0.25, 0.3) is 11.8 Å². The van der Waals surface area contributed by atoms with Crippen LogP contribution in [0.4, 0.5) is 4.39 Å². The number of halogens is 1. The van der Waals surface area contributed by atoms with Crippen molar-refractivity contribution in [1.29, 1.82) is 0 Å². The molecule has 1 saturated carbocycles. The van der Waals surface area contributed by atoms with Crippen molar-refractivity contribution in [2.24, 2.45) is 0 Å².